The van der Waals surface area contributed by atoms with E-state index in [0.29, 0.717) is 25.1 Å². The molecule has 0 unspecified atom stereocenters. The van der Waals surface area contributed by atoms with Gasteiger partial charge in [0, 0.05) is 0 Å². The third-order valence-corrected chi connectivity index (χ3v) is 3.30. The Morgan fingerprint density at radius 2 is 1.96 bits per heavy atom. The minimum absolute atomic E-state index is 0.0617. The number of phenolic OH excluding ortho intramolecular Hbond substituents is 1. The fraction of sp³-hybridized carbons (Fsp3) is 0.176. The van der Waals surface area contributed by atoms with E-state index in [4.69, 9.17) is 9.84 Å². The van der Waals surface area contributed by atoms with Crippen molar-refractivity contribution >= 4 is 19.2 Å². The zero-order chi connectivity index (χ0) is 17.4. The number of phenols is 1. The number of rotatable bonds is 8. The molecule has 0 fully saturated rings. The number of carboxylic acids is 1. The Morgan fingerprint density at radius 1 is 1.21 bits per heavy atom. The van der Waals surface area contributed by atoms with E-state index in [1.54, 1.807) is 12.1 Å². The first kappa shape index (κ1) is 17.4. The van der Waals surface area contributed by atoms with Crippen LogP contribution in [0.25, 0.3) is 0 Å². The molecule has 0 saturated heterocycles. The van der Waals surface area contributed by atoms with Crippen LogP contribution in [0.15, 0.2) is 53.5 Å². The Balaban J connectivity index is 2.04. The predicted octanol–water partition coefficient (Wildman–Crippen LogP) is 2.04. The van der Waals surface area contributed by atoms with Crippen molar-refractivity contribution in [2.24, 2.45) is 4.99 Å². The van der Waals surface area contributed by atoms with Crippen molar-refractivity contribution in [3.63, 3.8) is 0 Å². The number of aliphatic imine (C=N–C) groups is 1. The molecule has 0 spiro atoms. The number of ether oxygens (including phenoxy) is 1. The summed E-state index contributed by atoms with van der Waals surface area (Å²) in [6.45, 7) is 0.315. The third kappa shape index (κ3) is 5.05. The van der Waals surface area contributed by atoms with Crippen LogP contribution in [-0.4, -0.2) is 35.5 Å². The Bertz CT molecular complexity index is 733. The number of aliphatic carboxylic acids is 1. The van der Waals surface area contributed by atoms with Gasteiger partial charge in [0.2, 0.25) is 0 Å². The van der Waals surface area contributed by atoms with Crippen LogP contribution in [-0.2, 0) is 22.5 Å². The van der Waals surface area contributed by atoms with Crippen LogP contribution >= 0.6 is 0 Å². The number of aromatic hydroxyl groups is 1. The standard InChI is InChI=1S/C17H16BNO5/c20-15-9-13(8-14(17(21)22)19-11-18-23)6-7-16(15)24-10-12-4-2-1-3-5-12/h1-7,9,11,14,20H,8,10H2,(H,21,22)/b19-11-/t14-/m0/s1. The Hall–Kier alpha value is -2.96. The summed E-state index contributed by atoms with van der Waals surface area (Å²) in [5.74, 6) is -0.908. The molecule has 0 saturated carbocycles. The van der Waals surface area contributed by atoms with Crippen molar-refractivity contribution in [3.8, 4) is 11.5 Å². The van der Waals surface area contributed by atoms with Crippen LogP contribution in [0.4, 0.5) is 0 Å². The molecule has 2 aromatic carbocycles. The normalized spacial score (nSPS) is 11.8. The van der Waals surface area contributed by atoms with Crippen LogP contribution in [0.5, 0.6) is 11.5 Å². The summed E-state index contributed by atoms with van der Waals surface area (Å²) in [6, 6.07) is 13.1. The molecule has 0 aliphatic carbocycles. The first-order valence-corrected chi connectivity index (χ1v) is 7.28. The fourth-order valence-electron chi connectivity index (χ4n) is 2.11. The van der Waals surface area contributed by atoms with Gasteiger partial charge in [0.1, 0.15) is 0 Å². The summed E-state index contributed by atoms with van der Waals surface area (Å²) >= 11 is 0. The van der Waals surface area contributed by atoms with Crippen molar-refractivity contribution in [1.29, 1.82) is 0 Å². The molecule has 0 heterocycles. The van der Waals surface area contributed by atoms with Gasteiger partial charge in [-0.05, 0) is 0 Å². The van der Waals surface area contributed by atoms with Crippen LogP contribution in [0, 0.1) is 0 Å². The molecule has 122 valence electrons. The molecular formula is C17H16BNO5. The van der Waals surface area contributed by atoms with E-state index in [-0.39, 0.29) is 12.2 Å². The zero-order valence-corrected chi connectivity index (χ0v) is 12.8. The van der Waals surface area contributed by atoms with E-state index in [1.807, 2.05) is 30.3 Å². The quantitative estimate of drug-likeness (QED) is 0.572. The molecule has 0 amide bonds. The molecule has 6 nitrogen and oxygen atoms in total. The van der Waals surface area contributed by atoms with Gasteiger partial charge in [-0.25, -0.2) is 0 Å². The first-order valence-electron chi connectivity index (χ1n) is 7.28. The average Bonchev–Trinajstić information content (AvgIpc) is 2.58. The van der Waals surface area contributed by atoms with Gasteiger partial charge < -0.3 is 0 Å². The Labute approximate surface area is 139 Å². The van der Waals surface area contributed by atoms with Gasteiger partial charge in [0.05, 0.1) is 0 Å². The molecule has 2 N–H and O–H groups in total. The molecule has 1 atom stereocenters. The SMILES string of the molecule is O=B/C=N\[C@@H](Cc1ccc(OCc2ccccc2)c(O)c1)C(=O)O. The van der Waals surface area contributed by atoms with E-state index in [0.717, 1.165) is 11.7 Å². The first-order chi connectivity index (χ1) is 11.6. The molecule has 2 rings (SSSR count). The van der Waals surface area contributed by atoms with E-state index in [2.05, 4.69) is 4.99 Å². The van der Waals surface area contributed by atoms with Gasteiger partial charge >= 0.3 is 121 Å². The van der Waals surface area contributed by atoms with Gasteiger partial charge in [0.25, 0.3) is 0 Å². The van der Waals surface area contributed by atoms with Crippen LogP contribution < -0.4 is 4.74 Å². The average molecular weight is 325 g/mol. The van der Waals surface area contributed by atoms with Gasteiger partial charge in [-0.2, -0.15) is 0 Å². The van der Waals surface area contributed by atoms with E-state index in [9.17, 15) is 14.6 Å². The number of hydrogen-bond donors (Lipinski definition) is 2. The minimum atomic E-state index is -1.14. The Morgan fingerprint density at radius 3 is 2.58 bits per heavy atom. The van der Waals surface area contributed by atoms with Crippen molar-refractivity contribution < 1.29 is 24.4 Å². The van der Waals surface area contributed by atoms with Crippen molar-refractivity contribution in [2.75, 3.05) is 0 Å². The summed E-state index contributed by atoms with van der Waals surface area (Å²) in [4.78, 5) is 14.8. The summed E-state index contributed by atoms with van der Waals surface area (Å²) in [6.07, 6.45) is 0.974. The van der Waals surface area contributed by atoms with E-state index >= 15 is 0 Å². The molecule has 24 heavy (non-hydrogen) atoms. The second kappa shape index (κ2) is 8.62. The second-order valence-corrected chi connectivity index (χ2v) is 5.07. The fourth-order valence-corrected chi connectivity index (χ4v) is 2.11. The predicted molar refractivity (Wildman–Crippen MR) is 88.9 cm³/mol. The van der Waals surface area contributed by atoms with Crippen LogP contribution in [0.2, 0.25) is 0 Å². The number of nitrogens with zero attached hydrogens (tertiary/aromatic N) is 1. The summed E-state index contributed by atoms with van der Waals surface area (Å²) < 4.78 is 15.8. The van der Waals surface area contributed by atoms with Crippen LogP contribution in [0.3, 0.4) is 0 Å². The van der Waals surface area contributed by atoms with Crippen molar-refractivity contribution in [2.45, 2.75) is 19.1 Å². The molecule has 2 aromatic rings. The van der Waals surface area contributed by atoms with Crippen molar-refractivity contribution in [1.82, 2.24) is 0 Å². The summed E-state index contributed by atoms with van der Waals surface area (Å²) in [5, 5.41) is 19.1. The summed E-state index contributed by atoms with van der Waals surface area (Å²) in [7, 11) is 0.425. The zero-order valence-electron chi connectivity index (χ0n) is 12.8. The molecule has 0 aliphatic rings. The molecule has 0 radical (unpaired) electrons. The van der Waals surface area contributed by atoms with Crippen LogP contribution in [0.1, 0.15) is 11.1 Å². The molecule has 7 heteroatoms. The molecular weight excluding hydrogens is 309 g/mol. The Kier molecular flexibility index (Phi) is 6.25. The monoisotopic (exact) mass is 325 g/mol. The topological polar surface area (TPSA) is 96.2 Å². The number of benzene rings is 2. The van der Waals surface area contributed by atoms with Crippen molar-refractivity contribution in [3.05, 3.63) is 59.7 Å². The molecule has 0 bridgehead atoms. The maximum absolute atomic E-state index is 11.1. The van der Waals surface area contributed by atoms with E-state index < -0.39 is 12.0 Å². The maximum atomic E-state index is 11.1. The number of carbonyl (C=O) groups is 1. The third-order valence-electron chi connectivity index (χ3n) is 3.30. The van der Waals surface area contributed by atoms with Gasteiger partial charge in [-0.1, -0.05) is 18.2 Å². The van der Waals surface area contributed by atoms with Gasteiger partial charge in [0.15, 0.2) is 0 Å². The molecule has 0 aliphatic heterocycles. The summed E-state index contributed by atoms with van der Waals surface area (Å²) in [5.41, 5.74) is 1.55. The van der Waals surface area contributed by atoms with E-state index in [1.165, 1.54) is 6.07 Å². The molecule has 0 aromatic heterocycles. The second-order valence-electron chi connectivity index (χ2n) is 5.07. The number of hydrogen-bond acceptors (Lipinski definition) is 5. The van der Waals surface area contributed by atoms with Gasteiger partial charge in [-0.15, -0.1) is 0 Å². The number of carboxylic acid groups (broad SMARTS) is 1. The van der Waals surface area contributed by atoms with Gasteiger partial charge in [-0.3, -0.25) is 0 Å².